The second-order valence-corrected chi connectivity index (χ2v) is 3.93. The fraction of sp³-hybridized carbons (Fsp3) is 0.250. The third kappa shape index (κ3) is 3.31. The second-order valence-electron chi connectivity index (χ2n) is 3.11. The number of para-hydroxylation sites is 1. The molecule has 0 saturated carbocycles. The maximum Gasteiger partial charge on any atom is 0.265 e. The molecule has 1 rings (SSSR count). The molecule has 0 aliphatic heterocycles. The first kappa shape index (κ1) is 12.6. The Morgan fingerprint density at radius 2 is 1.94 bits per heavy atom. The van der Waals surface area contributed by atoms with Crippen LogP contribution in [-0.4, -0.2) is 19.3 Å². The van der Waals surface area contributed by atoms with Gasteiger partial charge in [-0.3, -0.25) is 4.79 Å². The van der Waals surface area contributed by atoms with Crippen molar-refractivity contribution < 1.29 is 9.53 Å². The first-order chi connectivity index (χ1) is 7.69. The summed E-state index contributed by atoms with van der Waals surface area (Å²) >= 11 is 1.37. The van der Waals surface area contributed by atoms with Crippen LogP contribution in [0.4, 0.5) is 5.69 Å². The van der Waals surface area contributed by atoms with Gasteiger partial charge in [-0.2, -0.15) is 0 Å². The molecule has 1 aromatic carbocycles. The summed E-state index contributed by atoms with van der Waals surface area (Å²) in [7, 11) is 1.56. The Kier molecular flexibility index (Phi) is 4.92. The Hall–Kier alpha value is -1.42. The standard InChI is InChI=1S/C12H15NO2S/c1-9(15-2)11(16-3)12(14)13-10-7-5-4-6-8-10/h4-8H,1-3H3,(H,13,14). The number of ether oxygens (including phenoxy) is 1. The number of allylic oxidation sites excluding steroid dienone is 1. The first-order valence-corrected chi connectivity index (χ1v) is 6.06. The van der Waals surface area contributed by atoms with Crippen LogP contribution in [0.1, 0.15) is 6.92 Å². The van der Waals surface area contributed by atoms with Crippen molar-refractivity contribution in [2.75, 3.05) is 18.7 Å². The summed E-state index contributed by atoms with van der Waals surface area (Å²) in [5.41, 5.74) is 0.781. The maximum absolute atomic E-state index is 11.9. The van der Waals surface area contributed by atoms with Gasteiger partial charge in [0.05, 0.1) is 7.11 Å². The minimum atomic E-state index is -0.141. The van der Waals surface area contributed by atoms with E-state index in [1.165, 1.54) is 11.8 Å². The molecule has 0 aromatic heterocycles. The van der Waals surface area contributed by atoms with Crippen LogP contribution in [0.15, 0.2) is 41.0 Å². The van der Waals surface area contributed by atoms with Crippen LogP contribution in [-0.2, 0) is 9.53 Å². The summed E-state index contributed by atoms with van der Waals surface area (Å²) in [5, 5.41) is 2.81. The molecule has 0 aliphatic rings. The summed E-state index contributed by atoms with van der Waals surface area (Å²) in [6.45, 7) is 1.77. The molecule has 86 valence electrons. The molecular weight excluding hydrogens is 222 g/mol. The first-order valence-electron chi connectivity index (χ1n) is 4.84. The fourth-order valence-corrected chi connectivity index (χ4v) is 1.81. The number of thioether (sulfide) groups is 1. The number of nitrogens with one attached hydrogen (secondary N) is 1. The molecule has 0 radical (unpaired) electrons. The average molecular weight is 237 g/mol. The van der Waals surface area contributed by atoms with Gasteiger partial charge in [-0.1, -0.05) is 18.2 Å². The third-order valence-electron chi connectivity index (χ3n) is 2.07. The monoisotopic (exact) mass is 237 g/mol. The lowest BCUT2D eigenvalue weighted by molar-refractivity contribution is -0.112. The van der Waals surface area contributed by atoms with Crippen LogP contribution in [0.5, 0.6) is 0 Å². The zero-order valence-corrected chi connectivity index (χ0v) is 10.4. The van der Waals surface area contributed by atoms with Gasteiger partial charge in [0.2, 0.25) is 0 Å². The van der Waals surface area contributed by atoms with E-state index in [-0.39, 0.29) is 5.91 Å². The number of anilines is 1. The molecule has 3 nitrogen and oxygen atoms in total. The van der Waals surface area contributed by atoms with Crippen LogP contribution in [0.2, 0.25) is 0 Å². The van der Waals surface area contributed by atoms with Crippen LogP contribution in [0.25, 0.3) is 0 Å². The number of carbonyl (C=O) groups excluding carboxylic acids is 1. The van der Waals surface area contributed by atoms with E-state index in [0.29, 0.717) is 10.7 Å². The highest BCUT2D eigenvalue weighted by Gasteiger charge is 2.12. The van der Waals surface area contributed by atoms with Crippen LogP contribution < -0.4 is 5.32 Å². The quantitative estimate of drug-likeness (QED) is 0.646. The Labute approximate surface area is 99.9 Å². The van der Waals surface area contributed by atoms with Crippen molar-refractivity contribution >= 4 is 23.4 Å². The van der Waals surface area contributed by atoms with E-state index in [0.717, 1.165) is 5.69 Å². The zero-order valence-electron chi connectivity index (χ0n) is 9.61. The summed E-state index contributed by atoms with van der Waals surface area (Å²) in [4.78, 5) is 12.5. The maximum atomic E-state index is 11.9. The van der Waals surface area contributed by atoms with Gasteiger partial charge in [0, 0.05) is 5.69 Å². The molecule has 0 atom stereocenters. The number of methoxy groups -OCH3 is 1. The van der Waals surface area contributed by atoms with Gasteiger partial charge in [0.15, 0.2) is 0 Å². The molecule has 4 heteroatoms. The molecule has 0 aliphatic carbocycles. The van der Waals surface area contributed by atoms with E-state index in [1.54, 1.807) is 14.0 Å². The minimum Gasteiger partial charge on any atom is -0.500 e. The van der Waals surface area contributed by atoms with Crippen molar-refractivity contribution in [2.45, 2.75) is 6.92 Å². The molecule has 16 heavy (non-hydrogen) atoms. The molecule has 0 heterocycles. The van der Waals surface area contributed by atoms with Gasteiger partial charge in [0.1, 0.15) is 10.7 Å². The van der Waals surface area contributed by atoms with Gasteiger partial charge in [-0.05, 0) is 25.3 Å². The third-order valence-corrected chi connectivity index (χ3v) is 2.95. The van der Waals surface area contributed by atoms with Gasteiger partial charge in [0.25, 0.3) is 5.91 Å². The highest BCUT2D eigenvalue weighted by atomic mass is 32.2. The molecule has 0 saturated heterocycles. The Morgan fingerprint density at radius 1 is 1.31 bits per heavy atom. The predicted molar refractivity (Wildman–Crippen MR) is 68.3 cm³/mol. The number of hydrogen-bond acceptors (Lipinski definition) is 3. The average Bonchev–Trinajstić information content (AvgIpc) is 2.31. The Bertz CT molecular complexity index is 387. The molecule has 0 unspecified atom stereocenters. The summed E-state index contributed by atoms with van der Waals surface area (Å²) in [6, 6.07) is 9.35. The topological polar surface area (TPSA) is 38.3 Å². The van der Waals surface area contributed by atoms with Crippen LogP contribution in [0.3, 0.4) is 0 Å². The van der Waals surface area contributed by atoms with Crippen LogP contribution >= 0.6 is 11.8 Å². The molecule has 0 fully saturated rings. The van der Waals surface area contributed by atoms with Gasteiger partial charge in [-0.25, -0.2) is 0 Å². The van der Waals surface area contributed by atoms with Crippen molar-refractivity contribution in [1.29, 1.82) is 0 Å². The van der Waals surface area contributed by atoms with Crippen molar-refractivity contribution in [3.8, 4) is 0 Å². The smallest absolute Gasteiger partial charge is 0.265 e. The van der Waals surface area contributed by atoms with Crippen molar-refractivity contribution in [3.63, 3.8) is 0 Å². The lowest BCUT2D eigenvalue weighted by Crippen LogP contribution is -2.14. The van der Waals surface area contributed by atoms with E-state index in [9.17, 15) is 4.79 Å². The van der Waals surface area contributed by atoms with E-state index in [1.807, 2.05) is 36.6 Å². The Morgan fingerprint density at radius 3 is 2.44 bits per heavy atom. The number of hydrogen-bond donors (Lipinski definition) is 1. The lowest BCUT2D eigenvalue weighted by atomic mass is 10.3. The summed E-state index contributed by atoms with van der Waals surface area (Å²) < 4.78 is 5.06. The molecule has 1 aromatic rings. The van der Waals surface area contributed by atoms with Gasteiger partial charge >= 0.3 is 0 Å². The van der Waals surface area contributed by atoms with Gasteiger partial charge < -0.3 is 10.1 Å². The fourth-order valence-electron chi connectivity index (χ4n) is 1.20. The number of carbonyl (C=O) groups is 1. The van der Waals surface area contributed by atoms with Crippen molar-refractivity contribution in [1.82, 2.24) is 0 Å². The molecule has 0 bridgehead atoms. The van der Waals surface area contributed by atoms with Gasteiger partial charge in [-0.15, -0.1) is 11.8 Å². The van der Waals surface area contributed by atoms with E-state index in [2.05, 4.69) is 5.32 Å². The summed E-state index contributed by atoms with van der Waals surface area (Å²) in [6.07, 6.45) is 1.85. The Balaban J connectivity index is 2.79. The SMILES string of the molecule is COC(C)=C(SC)C(=O)Nc1ccccc1. The second kappa shape index (κ2) is 6.23. The van der Waals surface area contributed by atoms with E-state index < -0.39 is 0 Å². The largest absolute Gasteiger partial charge is 0.500 e. The number of amides is 1. The highest BCUT2D eigenvalue weighted by molar-refractivity contribution is 8.03. The molecule has 1 amide bonds. The predicted octanol–water partition coefficient (Wildman–Crippen LogP) is 2.87. The normalized spacial score (nSPS) is 11.7. The van der Waals surface area contributed by atoms with Crippen molar-refractivity contribution in [3.05, 3.63) is 41.0 Å². The van der Waals surface area contributed by atoms with Crippen LogP contribution in [0, 0.1) is 0 Å². The number of rotatable bonds is 4. The molecular formula is C12H15NO2S. The zero-order chi connectivity index (χ0) is 12.0. The van der Waals surface area contributed by atoms with Crippen molar-refractivity contribution in [2.24, 2.45) is 0 Å². The highest BCUT2D eigenvalue weighted by Crippen LogP contribution is 2.19. The molecule has 1 N–H and O–H groups in total. The minimum absolute atomic E-state index is 0.141. The summed E-state index contributed by atoms with van der Waals surface area (Å²) in [5.74, 6) is 0.485. The number of benzene rings is 1. The molecule has 0 spiro atoms. The van der Waals surface area contributed by atoms with E-state index >= 15 is 0 Å². The van der Waals surface area contributed by atoms with E-state index in [4.69, 9.17) is 4.74 Å². The lowest BCUT2D eigenvalue weighted by Gasteiger charge is -2.09.